The third-order valence-corrected chi connectivity index (χ3v) is 7.06. The van der Waals surface area contributed by atoms with Crippen LogP contribution in [0.25, 0.3) is 21.3 Å². The number of ether oxygens (including phenoxy) is 1. The van der Waals surface area contributed by atoms with Crippen molar-refractivity contribution in [3.05, 3.63) is 99.9 Å². The SMILES string of the molecule is Cc1cc(C)cc(OCc2ccc(C(=O)Nc3c(C(N)=O)sc4nc(C(F)(F)F)cc(-c5ccccc5)c34)o2)c1. The summed E-state index contributed by atoms with van der Waals surface area (Å²) in [4.78, 5) is 29.0. The fourth-order valence-corrected chi connectivity index (χ4v) is 5.31. The van der Waals surface area contributed by atoms with Crippen molar-refractivity contribution >= 4 is 39.1 Å². The highest BCUT2D eigenvalue weighted by atomic mass is 32.1. The molecule has 5 aromatic rings. The number of hydrogen-bond donors (Lipinski definition) is 2. The molecular weight excluding hydrogens is 543 g/mol. The van der Waals surface area contributed by atoms with E-state index in [1.807, 2.05) is 32.0 Å². The lowest BCUT2D eigenvalue weighted by molar-refractivity contribution is -0.140. The molecule has 0 saturated heterocycles. The summed E-state index contributed by atoms with van der Waals surface area (Å²) in [5.41, 5.74) is 7.03. The molecular formula is C29H22F3N3O4S. The average molecular weight is 566 g/mol. The van der Waals surface area contributed by atoms with Gasteiger partial charge in [0.15, 0.2) is 5.76 Å². The lowest BCUT2D eigenvalue weighted by atomic mass is 10.0. The standard InChI is InChI=1S/C29H22F3N3O4S/c1-15-10-16(2)12-19(11-15)38-14-18-8-9-21(39-18)27(37)35-24-23-20(17-6-4-3-5-7-17)13-22(29(30,31)32)34-28(23)40-25(24)26(33)36/h3-13H,14H2,1-2H3,(H2,33,36)(H,35,37). The molecule has 0 spiro atoms. The number of halogens is 3. The molecule has 0 bridgehead atoms. The number of hydrogen-bond acceptors (Lipinski definition) is 6. The van der Waals surface area contributed by atoms with Gasteiger partial charge >= 0.3 is 6.18 Å². The Balaban J connectivity index is 1.50. The van der Waals surface area contributed by atoms with Gasteiger partial charge in [0.1, 0.15) is 33.5 Å². The van der Waals surface area contributed by atoms with Crippen molar-refractivity contribution in [2.45, 2.75) is 26.6 Å². The van der Waals surface area contributed by atoms with Gasteiger partial charge in [0.2, 0.25) is 0 Å². The first-order valence-electron chi connectivity index (χ1n) is 12.0. The second-order valence-corrected chi connectivity index (χ2v) is 10.1. The van der Waals surface area contributed by atoms with E-state index >= 15 is 0 Å². The molecule has 2 amide bonds. The zero-order chi connectivity index (χ0) is 28.6. The second kappa shape index (κ2) is 10.5. The average Bonchev–Trinajstić information content (AvgIpc) is 3.52. The topological polar surface area (TPSA) is 107 Å². The number of anilines is 1. The number of carbonyl (C=O) groups is 2. The molecule has 11 heteroatoms. The third-order valence-electron chi connectivity index (χ3n) is 5.96. The number of nitrogens with two attached hydrogens (primary N) is 1. The van der Waals surface area contributed by atoms with Gasteiger partial charge in [-0.25, -0.2) is 4.98 Å². The Morgan fingerprint density at radius 1 is 1.02 bits per heavy atom. The minimum Gasteiger partial charge on any atom is -0.486 e. The molecule has 3 aromatic heterocycles. The Morgan fingerprint density at radius 3 is 2.38 bits per heavy atom. The minimum absolute atomic E-state index is 0.0398. The highest BCUT2D eigenvalue weighted by molar-refractivity contribution is 7.21. The van der Waals surface area contributed by atoms with Crippen molar-refractivity contribution in [1.82, 2.24) is 4.98 Å². The van der Waals surface area contributed by atoms with Gasteiger partial charge in [-0.2, -0.15) is 13.2 Å². The molecule has 0 aliphatic carbocycles. The van der Waals surface area contributed by atoms with Crippen LogP contribution in [0.15, 0.2) is 71.1 Å². The Bertz CT molecular complexity index is 1720. The van der Waals surface area contributed by atoms with Gasteiger partial charge in [0, 0.05) is 5.39 Å². The highest BCUT2D eigenvalue weighted by Crippen LogP contribution is 2.43. The van der Waals surface area contributed by atoms with Crippen molar-refractivity contribution in [1.29, 1.82) is 0 Å². The van der Waals surface area contributed by atoms with E-state index in [0.717, 1.165) is 17.2 Å². The number of aromatic nitrogens is 1. The van der Waals surface area contributed by atoms with Crippen LogP contribution in [0.1, 0.15) is 42.8 Å². The fraction of sp³-hybridized carbons (Fsp3) is 0.138. The molecule has 7 nitrogen and oxygen atoms in total. The van der Waals surface area contributed by atoms with E-state index < -0.39 is 23.7 Å². The number of benzene rings is 2. The number of furan rings is 1. The molecule has 0 saturated carbocycles. The van der Waals surface area contributed by atoms with Crippen LogP contribution < -0.4 is 15.8 Å². The Kier molecular flexibility index (Phi) is 7.07. The molecule has 0 radical (unpaired) electrons. The van der Waals surface area contributed by atoms with E-state index in [-0.39, 0.29) is 38.7 Å². The predicted molar refractivity (Wildman–Crippen MR) is 145 cm³/mol. The first-order valence-corrected chi connectivity index (χ1v) is 12.8. The maximum absolute atomic E-state index is 13.7. The number of primary amides is 1. The summed E-state index contributed by atoms with van der Waals surface area (Å²) in [7, 11) is 0. The van der Waals surface area contributed by atoms with Crippen molar-refractivity contribution < 1.29 is 31.9 Å². The summed E-state index contributed by atoms with van der Waals surface area (Å²) in [5.74, 6) is -0.715. The number of aryl methyl sites for hydroxylation is 2. The number of alkyl halides is 3. The molecule has 2 aromatic carbocycles. The van der Waals surface area contributed by atoms with Crippen LogP contribution in [0.3, 0.4) is 0 Å². The summed E-state index contributed by atoms with van der Waals surface area (Å²) in [6.07, 6.45) is -4.73. The van der Waals surface area contributed by atoms with Crippen LogP contribution in [-0.2, 0) is 12.8 Å². The monoisotopic (exact) mass is 565 g/mol. The van der Waals surface area contributed by atoms with E-state index in [9.17, 15) is 22.8 Å². The fourth-order valence-electron chi connectivity index (χ4n) is 4.31. The number of carbonyl (C=O) groups excluding carboxylic acids is 2. The van der Waals surface area contributed by atoms with E-state index in [1.165, 1.54) is 6.07 Å². The van der Waals surface area contributed by atoms with Gasteiger partial charge in [0.05, 0.1) is 5.69 Å². The number of nitrogens with one attached hydrogen (secondary N) is 1. The van der Waals surface area contributed by atoms with Gasteiger partial charge in [0.25, 0.3) is 11.8 Å². The van der Waals surface area contributed by atoms with Gasteiger partial charge < -0.3 is 20.2 Å². The zero-order valence-corrected chi connectivity index (χ0v) is 22.1. The van der Waals surface area contributed by atoms with Gasteiger partial charge in [-0.3, -0.25) is 9.59 Å². The minimum atomic E-state index is -4.73. The van der Waals surface area contributed by atoms with Gasteiger partial charge in [-0.15, -0.1) is 11.3 Å². The van der Waals surface area contributed by atoms with E-state index in [4.69, 9.17) is 14.9 Å². The molecule has 0 unspecified atom stereocenters. The molecule has 3 N–H and O–H groups in total. The Labute approximate surface area is 230 Å². The largest absolute Gasteiger partial charge is 0.486 e. The molecule has 0 aliphatic heterocycles. The molecule has 5 rings (SSSR count). The molecule has 0 aliphatic rings. The van der Waals surface area contributed by atoms with E-state index in [0.29, 0.717) is 28.4 Å². The Hall–Kier alpha value is -4.64. The predicted octanol–water partition coefficient (Wildman–Crippen LogP) is 7.12. The van der Waals surface area contributed by atoms with Crippen molar-refractivity contribution in [2.24, 2.45) is 5.73 Å². The molecule has 0 atom stereocenters. The maximum Gasteiger partial charge on any atom is 0.433 e. The molecule has 40 heavy (non-hydrogen) atoms. The normalized spacial score (nSPS) is 11.5. The van der Waals surface area contributed by atoms with Crippen LogP contribution in [0.5, 0.6) is 5.75 Å². The van der Waals surface area contributed by atoms with Crippen LogP contribution in [-0.4, -0.2) is 16.8 Å². The smallest absolute Gasteiger partial charge is 0.433 e. The number of nitrogens with zero attached hydrogens (tertiary/aromatic N) is 1. The number of thiophene rings is 1. The molecule has 0 fully saturated rings. The summed E-state index contributed by atoms with van der Waals surface area (Å²) < 4.78 is 52.5. The molecule has 3 heterocycles. The first kappa shape index (κ1) is 26.9. The summed E-state index contributed by atoms with van der Waals surface area (Å²) in [6.45, 7) is 3.96. The van der Waals surface area contributed by atoms with Crippen molar-refractivity contribution in [3.63, 3.8) is 0 Å². The number of amides is 2. The lowest BCUT2D eigenvalue weighted by Gasteiger charge is -2.12. The quantitative estimate of drug-likeness (QED) is 0.218. The number of rotatable bonds is 7. The van der Waals surface area contributed by atoms with Crippen LogP contribution >= 0.6 is 11.3 Å². The highest BCUT2D eigenvalue weighted by Gasteiger charge is 2.35. The lowest BCUT2D eigenvalue weighted by Crippen LogP contribution is -2.16. The summed E-state index contributed by atoms with van der Waals surface area (Å²) in [6, 6.07) is 18.0. The summed E-state index contributed by atoms with van der Waals surface area (Å²) in [5, 5.41) is 2.78. The zero-order valence-electron chi connectivity index (χ0n) is 21.3. The van der Waals surface area contributed by atoms with E-state index in [2.05, 4.69) is 10.3 Å². The van der Waals surface area contributed by atoms with Crippen molar-refractivity contribution in [3.8, 4) is 16.9 Å². The van der Waals surface area contributed by atoms with Crippen LogP contribution in [0.4, 0.5) is 18.9 Å². The first-order chi connectivity index (χ1) is 19.0. The van der Waals surface area contributed by atoms with Gasteiger partial charge in [-0.1, -0.05) is 36.4 Å². The maximum atomic E-state index is 13.7. The number of fused-ring (bicyclic) bond motifs is 1. The van der Waals surface area contributed by atoms with Crippen LogP contribution in [0, 0.1) is 13.8 Å². The second-order valence-electron chi connectivity index (χ2n) is 9.10. The summed E-state index contributed by atoms with van der Waals surface area (Å²) >= 11 is 0.670. The third kappa shape index (κ3) is 5.55. The number of pyridine rings is 1. The van der Waals surface area contributed by atoms with E-state index in [1.54, 1.807) is 36.4 Å². The Morgan fingerprint density at radius 2 is 1.73 bits per heavy atom. The van der Waals surface area contributed by atoms with Gasteiger partial charge in [-0.05, 0) is 66.4 Å². The van der Waals surface area contributed by atoms with Crippen molar-refractivity contribution in [2.75, 3.05) is 5.32 Å². The van der Waals surface area contributed by atoms with Crippen LogP contribution in [0.2, 0.25) is 0 Å². The molecule has 204 valence electrons.